The van der Waals surface area contributed by atoms with E-state index in [0.29, 0.717) is 29.5 Å². The quantitative estimate of drug-likeness (QED) is 0.154. The Bertz CT molecular complexity index is 1700. The summed E-state index contributed by atoms with van der Waals surface area (Å²) in [5.41, 5.74) is 1.93. The molecule has 0 bridgehead atoms. The minimum Gasteiger partial charge on any atom is -0.457 e. The highest BCUT2D eigenvalue weighted by molar-refractivity contribution is 7.92. The van der Waals surface area contributed by atoms with Gasteiger partial charge in [0.15, 0.2) is 0 Å². The summed E-state index contributed by atoms with van der Waals surface area (Å²) in [4.78, 5) is 29.2. The number of benzene rings is 4. The van der Waals surface area contributed by atoms with Crippen molar-refractivity contribution in [2.45, 2.75) is 51.6 Å². The highest BCUT2D eigenvalue weighted by Gasteiger charge is 2.33. The number of aryl methyl sites for hydroxylation is 1. The van der Waals surface area contributed by atoms with E-state index in [9.17, 15) is 18.0 Å². The first-order chi connectivity index (χ1) is 22.0. The van der Waals surface area contributed by atoms with Crippen molar-refractivity contribution in [3.8, 4) is 11.5 Å². The fraction of sp³-hybridized carbons (Fsp3) is 0.278. The fourth-order valence-corrected chi connectivity index (χ4v) is 6.34. The highest BCUT2D eigenvalue weighted by atomic mass is 35.5. The molecule has 1 N–H and O–H groups in total. The van der Waals surface area contributed by atoms with E-state index >= 15 is 0 Å². The monoisotopic (exact) mass is 661 g/mol. The summed E-state index contributed by atoms with van der Waals surface area (Å²) < 4.78 is 35.3. The van der Waals surface area contributed by atoms with E-state index in [-0.39, 0.29) is 29.0 Å². The van der Waals surface area contributed by atoms with Crippen LogP contribution < -0.4 is 14.4 Å². The van der Waals surface area contributed by atoms with E-state index in [1.807, 2.05) is 58.0 Å². The molecule has 0 radical (unpaired) electrons. The maximum atomic E-state index is 14.3. The Labute approximate surface area is 277 Å². The van der Waals surface area contributed by atoms with Gasteiger partial charge in [-0.1, -0.05) is 80.4 Å². The molecule has 10 heteroatoms. The summed E-state index contributed by atoms with van der Waals surface area (Å²) in [6, 6.07) is 28.4. The van der Waals surface area contributed by atoms with E-state index < -0.39 is 28.5 Å². The van der Waals surface area contributed by atoms with Gasteiger partial charge >= 0.3 is 0 Å². The number of amides is 2. The number of anilines is 1. The topological polar surface area (TPSA) is 96.0 Å². The van der Waals surface area contributed by atoms with E-state index in [2.05, 4.69) is 5.32 Å². The molecule has 2 amide bonds. The molecule has 0 aliphatic carbocycles. The summed E-state index contributed by atoms with van der Waals surface area (Å²) >= 11 is 6.11. The Balaban J connectivity index is 1.71. The lowest BCUT2D eigenvalue weighted by molar-refractivity contribution is -0.140. The molecule has 0 fully saturated rings. The largest absolute Gasteiger partial charge is 0.457 e. The highest BCUT2D eigenvalue weighted by Crippen LogP contribution is 2.29. The van der Waals surface area contributed by atoms with Crippen LogP contribution in [0, 0.1) is 12.8 Å². The van der Waals surface area contributed by atoms with Gasteiger partial charge in [0.2, 0.25) is 11.8 Å². The van der Waals surface area contributed by atoms with Crippen LogP contribution in [0.25, 0.3) is 0 Å². The van der Waals surface area contributed by atoms with E-state index in [1.165, 1.54) is 17.0 Å². The molecule has 0 saturated heterocycles. The molecule has 4 aromatic carbocycles. The zero-order chi connectivity index (χ0) is 33.3. The first-order valence-corrected chi connectivity index (χ1v) is 17.0. The Morgan fingerprint density at radius 3 is 2.04 bits per heavy atom. The number of halogens is 1. The van der Waals surface area contributed by atoms with Crippen LogP contribution in [-0.2, 0) is 26.2 Å². The molecule has 4 aromatic rings. The van der Waals surface area contributed by atoms with E-state index in [4.69, 9.17) is 16.3 Å². The van der Waals surface area contributed by atoms with Crippen LogP contribution in [0.2, 0.25) is 5.02 Å². The second kappa shape index (κ2) is 15.8. The fourth-order valence-electron chi connectivity index (χ4n) is 4.80. The summed E-state index contributed by atoms with van der Waals surface area (Å²) in [5.74, 6) is 0.529. The van der Waals surface area contributed by atoms with Gasteiger partial charge in [-0.15, -0.1) is 0 Å². The maximum absolute atomic E-state index is 14.3. The molecule has 1 atom stereocenters. The number of nitrogens with zero attached hydrogens (tertiary/aromatic N) is 2. The average Bonchev–Trinajstić information content (AvgIpc) is 3.04. The van der Waals surface area contributed by atoms with Crippen LogP contribution in [0.1, 0.15) is 38.3 Å². The minimum atomic E-state index is -4.20. The first kappa shape index (κ1) is 34.5. The Kier molecular flexibility index (Phi) is 11.8. The van der Waals surface area contributed by atoms with Gasteiger partial charge in [0.05, 0.1) is 10.6 Å². The van der Waals surface area contributed by atoms with Gasteiger partial charge in [0.25, 0.3) is 10.0 Å². The van der Waals surface area contributed by atoms with Crippen molar-refractivity contribution in [1.29, 1.82) is 0 Å². The molecule has 8 nitrogen and oxygen atoms in total. The van der Waals surface area contributed by atoms with Crippen LogP contribution >= 0.6 is 11.6 Å². The smallest absolute Gasteiger partial charge is 0.264 e. The molecular formula is C36H40ClN3O5S. The van der Waals surface area contributed by atoms with Crippen LogP contribution in [0.4, 0.5) is 5.69 Å². The SMILES string of the molecule is CC[C@@H](C(=O)NCC(C)C)N(Cc1ccc(Cl)cc1)C(=O)CN(c1ccc(Oc2ccccc2)cc1)S(=O)(=O)c1ccc(C)cc1. The van der Waals surface area contributed by atoms with Gasteiger partial charge in [0.1, 0.15) is 24.1 Å². The van der Waals surface area contributed by atoms with Crippen molar-refractivity contribution in [3.05, 3.63) is 119 Å². The number of carbonyl (C=O) groups excluding carboxylic acids is 2. The number of para-hydroxylation sites is 1. The number of nitrogens with one attached hydrogen (secondary N) is 1. The second-order valence-corrected chi connectivity index (χ2v) is 13.7. The van der Waals surface area contributed by atoms with Crippen LogP contribution in [0.15, 0.2) is 108 Å². The van der Waals surface area contributed by atoms with Crippen LogP contribution in [-0.4, -0.2) is 44.3 Å². The van der Waals surface area contributed by atoms with Gasteiger partial charge in [0, 0.05) is 18.1 Å². The van der Waals surface area contributed by atoms with Gasteiger partial charge in [-0.2, -0.15) is 0 Å². The predicted molar refractivity (Wildman–Crippen MR) is 183 cm³/mol. The lowest BCUT2D eigenvalue weighted by Crippen LogP contribution is -2.52. The van der Waals surface area contributed by atoms with Gasteiger partial charge in [-0.3, -0.25) is 13.9 Å². The van der Waals surface area contributed by atoms with Crippen LogP contribution in [0.5, 0.6) is 11.5 Å². The Hall–Kier alpha value is -4.34. The zero-order valence-corrected chi connectivity index (χ0v) is 28.1. The third-order valence-corrected chi connectivity index (χ3v) is 9.37. The molecule has 0 aliphatic heterocycles. The lowest BCUT2D eigenvalue weighted by atomic mass is 10.1. The minimum absolute atomic E-state index is 0.0430. The number of carbonyl (C=O) groups is 2. The average molecular weight is 662 g/mol. The number of hydrogen-bond acceptors (Lipinski definition) is 5. The molecular weight excluding hydrogens is 622 g/mol. The zero-order valence-electron chi connectivity index (χ0n) is 26.5. The summed E-state index contributed by atoms with van der Waals surface area (Å²) in [6.45, 7) is 7.68. The molecule has 46 heavy (non-hydrogen) atoms. The van der Waals surface area contributed by atoms with Crippen LogP contribution in [0.3, 0.4) is 0 Å². The van der Waals surface area contributed by atoms with E-state index in [0.717, 1.165) is 15.4 Å². The van der Waals surface area contributed by atoms with Crippen molar-refractivity contribution in [2.75, 3.05) is 17.4 Å². The number of sulfonamides is 1. The van der Waals surface area contributed by atoms with E-state index in [1.54, 1.807) is 60.7 Å². The lowest BCUT2D eigenvalue weighted by Gasteiger charge is -2.33. The number of hydrogen-bond donors (Lipinski definition) is 1. The van der Waals surface area contributed by atoms with Crippen molar-refractivity contribution in [2.24, 2.45) is 5.92 Å². The molecule has 0 aliphatic rings. The van der Waals surface area contributed by atoms with Crippen molar-refractivity contribution >= 4 is 39.1 Å². The Morgan fingerprint density at radius 2 is 1.46 bits per heavy atom. The second-order valence-electron chi connectivity index (χ2n) is 11.4. The van der Waals surface area contributed by atoms with Gasteiger partial charge < -0.3 is 15.0 Å². The van der Waals surface area contributed by atoms with Crippen molar-refractivity contribution in [1.82, 2.24) is 10.2 Å². The van der Waals surface area contributed by atoms with Gasteiger partial charge in [-0.05, 0) is 85.5 Å². The molecule has 0 saturated carbocycles. The Morgan fingerprint density at radius 1 is 0.848 bits per heavy atom. The summed E-state index contributed by atoms with van der Waals surface area (Å²) in [6.07, 6.45) is 0.333. The van der Waals surface area contributed by atoms with Crippen molar-refractivity contribution < 1.29 is 22.7 Å². The number of ether oxygens (including phenoxy) is 1. The molecule has 242 valence electrons. The maximum Gasteiger partial charge on any atom is 0.264 e. The molecule has 0 unspecified atom stereocenters. The van der Waals surface area contributed by atoms with Crippen molar-refractivity contribution in [3.63, 3.8) is 0 Å². The van der Waals surface area contributed by atoms with Gasteiger partial charge in [-0.25, -0.2) is 8.42 Å². The third-order valence-electron chi connectivity index (χ3n) is 7.33. The standard InChI is InChI=1S/C36H40ClN3O5S/c1-5-34(36(42)38-23-26(2)3)39(24-28-13-15-29(37)16-14-28)35(41)25-40(46(43,44)33-21-11-27(4)12-22-33)30-17-19-32(20-18-30)45-31-9-7-6-8-10-31/h6-22,26,34H,5,23-25H2,1-4H3,(H,38,42)/t34-/m0/s1. The first-order valence-electron chi connectivity index (χ1n) is 15.2. The molecule has 0 spiro atoms. The summed E-state index contributed by atoms with van der Waals surface area (Å²) in [5, 5.41) is 3.48. The molecule has 0 aromatic heterocycles. The normalized spacial score (nSPS) is 12.0. The summed E-state index contributed by atoms with van der Waals surface area (Å²) in [7, 11) is -4.20. The number of rotatable bonds is 14. The molecule has 4 rings (SSSR count). The predicted octanol–water partition coefficient (Wildman–Crippen LogP) is 7.22. The third kappa shape index (κ3) is 9.11. The molecule has 0 heterocycles.